The van der Waals surface area contributed by atoms with E-state index >= 15 is 0 Å². The molecule has 2 amide bonds. The van der Waals surface area contributed by atoms with E-state index in [2.05, 4.69) is 32.8 Å². The Labute approximate surface area is 429 Å². The summed E-state index contributed by atoms with van der Waals surface area (Å²) in [6.07, 6.45) is 7.51. The van der Waals surface area contributed by atoms with E-state index in [0.717, 1.165) is 61.3 Å². The molecule has 12 rings (SSSR count). The van der Waals surface area contributed by atoms with Crippen LogP contribution in [0.4, 0.5) is 11.6 Å². The number of benzene rings is 4. The molecule has 4 aliphatic heterocycles. The number of amides is 2. The lowest BCUT2D eigenvalue weighted by Gasteiger charge is -2.21. The number of halogens is 1. The van der Waals surface area contributed by atoms with Gasteiger partial charge in [-0.05, 0) is 156 Å². The standard InChI is InChI=1S/C27H27N3O5S.C22H17ClN2O5S.C5H11N/c1-18-4-3-15-30(18)36(32,33)21-10-7-19(8-11-21)22-5-2-6-25(28-22)29-26(31)27(13-14-27)20-9-12-23-24(16-20)35-17-34-23;23-31(27,28)16-7-4-14(5-8-16)17-2-1-3-20(24-17)25-21(26)22(10-11-22)15-6-9-18-19(12-15)30-13-29-18;1-5-3-2-4-6-5/h2,5-12,16,18H,3-4,13-15,17H2,1H3,(H,28,29,31);1-9,12H,10-11,13H2,(H,24,25,26);5-6H,2-4H2,1H3. The topological polar surface area (TPSA) is 204 Å². The average Bonchev–Trinajstić information content (AvgIpc) is 4.06. The van der Waals surface area contributed by atoms with Gasteiger partial charge in [-0.1, -0.05) is 48.5 Å². The predicted molar refractivity (Wildman–Crippen MR) is 276 cm³/mol. The lowest BCUT2D eigenvalue weighted by molar-refractivity contribution is -0.119. The third-order valence-corrected chi connectivity index (χ3v) is 17.6. The number of hydrogen-bond donors (Lipinski definition) is 3. The minimum Gasteiger partial charge on any atom is -0.454 e. The van der Waals surface area contributed by atoms with Crippen LogP contribution in [0.15, 0.2) is 131 Å². The number of sulfonamides is 1. The van der Waals surface area contributed by atoms with Crippen LogP contribution in [-0.4, -0.2) is 81.7 Å². The monoisotopic (exact) mass is 1050 g/mol. The van der Waals surface area contributed by atoms with Crippen LogP contribution in [-0.2, 0) is 39.5 Å². The van der Waals surface area contributed by atoms with Gasteiger partial charge in [0.15, 0.2) is 23.0 Å². The van der Waals surface area contributed by atoms with Crippen molar-refractivity contribution in [2.45, 2.75) is 97.9 Å². The Morgan fingerprint density at radius 1 is 0.616 bits per heavy atom. The summed E-state index contributed by atoms with van der Waals surface area (Å²) in [6, 6.07) is 35.6. The van der Waals surface area contributed by atoms with Crippen molar-refractivity contribution in [2.75, 3.05) is 37.3 Å². The van der Waals surface area contributed by atoms with E-state index in [1.807, 2.05) is 55.5 Å². The van der Waals surface area contributed by atoms with Crippen molar-refractivity contribution in [2.24, 2.45) is 0 Å². The Morgan fingerprint density at radius 3 is 1.49 bits per heavy atom. The Bertz CT molecular complexity index is 3270. The van der Waals surface area contributed by atoms with E-state index in [4.69, 9.17) is 29.6 Å². The number of carbonyl (C=O) groups is 2. The van der Waals surface area contributed by atoms with Crippen molar-refractivity contribution in [3.63, 3.8) is 0 Å². The van der Waals surface area contributed by atoms with Crippen LogP contribution in [0.3, 0.4) is 0 Å². The first kappa shape index (κ1) is 50.0. The van der Waals surface area contributed by atoms with Gasteiger partial charge in [-0.15, -0.1) is 0 Å². The predicted octanol–water partition coefficient (Wildman–Crippen LogP) is 9.15. The minimum absolute atomic E-state index is 0.0155. The second kappa shape index (κ2) is 20.4. The smallest absolute Gasteiger partial charge is 0.261 e. The number of hydrogen-bond acceptors (Lipinski definition) is 13. The first-order valence-corrected chi connectivity index (χ1v) is 28.1. The van der Waals surface area contributed by atoms with Crippen LogP contribution < -0.4 is 34.9 Å². The molecule has 380 valence electrons. The van der Waals surface area contributed by atoms with Gasteiger partial charge in [-0.3, -0.25) is 9.59 Å². The van der Waals surface area contributed by atoms with E-state index in [-0.39, 0.29) is 41.2 Å². The molecule has 2 aliphatic carbocycles. The highest BCUT2D eigenvalue weighted by Crippen LogP contribution is 2.52. The van der Waals surface area contributed by atoms with Gasteiger partial charge in [0.05, 0.1) is 32.0 Å². The van der Waals surface area contributed by atoms with Crippen LogP contribution >= 0.6 is 10.7 Å². The van der Waals surface area contributed by atoms with Gasteiger partial charge in [0.25, 0.3) is 9.05 Å². The second-order valence-corrected chi connectivity index (χ2v) is 23.6. The zero-order valence-corrected chi connectivity index (χ0v) is 42.7. The maximum absolute atomic E-state index is 13.3. The maximum Gasteiger partial charge on any atom is 0.261 e. The number of nitrogens with zero attached hydrogens (tertiary/aromatic N) is 3. The molecule has 6 aromatic rings. The molecule has 4 aromatic carbocycles. The highest BCUT2D eigenvalue weighted by Gasteiger charge is 2.53. The number of anilines is 2. The van der Waals surface area contributed by atoms with Gasteiger partial charge in [-0.25, -0.2) is 26.8 Å². The first-order chi connectivity index (χ1) is 35.1. The minimum atomic E-state index is -3.79. The van der Waals surface area contributed by atoms with Crippen LogP contribution in [0.2, 0.25) is 0 Å². The van der Waals surface area contributed by atoms with Gasteiger partial charge in [0.1, 0.15) is 11.6 Å². The molecular weight excluding hydrogens is 992 g/mol. The van der Waals surface area contributed by atoms with Crippen LogP contribution in [0, 0.1) is 0 Å². The molecule has 6 heterocycles. The van der Waals surface area contributed by atoms with Gasteiger partial charge in [0, 0.05) is 40.4 Å². The van der Waals surface area contributed by atoms with Gasteiger partial charge >= 0.3 is 0 Å². The zero-order valence-electron chi connectivity index (χ0n) is 40.3. The fourth-order valence-corrected chi connectivity index (χ4v) is 12.0. The molecule has 0 spiro atoms. The van der Waals surface area contributed by atoms with Crippen LogP contribution in [0.5, 0.6) is 23.0 Å². The first-order valence-electron chi connectivity index (χ1n) is 24.4. The molecule has 16 nitrogen and oxygen atoms in total. The van der Waals surface area contributed by atoms with Crippen molar-refractivity contribution in [3.05, 3.63) is 132 Å². The van der Waals surface area contributed by atoms with Gasteiger partial charge in [-0.2, -0.15) is 4.31 Å². The third kappa shape index (κ3) is 10.8. The number of pyridine rings is 2. The molecular formula is C54H55ClN6O10S2. The number of nitrogens with one attached hydrogen (secondary N) is 3. The van der Waals surface area contributed by atoms with Crippen molar-refractivity contribution in [1.29, 1.82) is 0 Å². The average molecular weight is 1050 g/mol. The molecule has 2 aromatic heterocycles. The molecule has 0 bridgehead atoms. The fourth-order valence-electron chi connectivity index (χ4n) is 9.58. The summed E-state index contributed by atoms with van der Waals surface area (Å²) in [4.78, 5) is 35.8. The lowest BCUT2D eigenvalue weighted by atomic mass is 9.94. The summed E-state index contributed by atoms with van der Waals surface area (Å²) in [5.41, 5.74) is 3.33. The van der Waals surface area contributed by atoms with E-state index in [1.165, 1.54) is 31.5 Å². The van der Waals surface area contributed by atoms with Gasteiger partial charge in [0.2, 0.25) is 35.4 Å². The van der Waals surface area contributed by atoms with Crippen molar-refractivity contribution in [3.8, 4) is 45.5 Å². The van der Waals surface area contributed by atoms with E-state index in [1.54, 1.807) is 65.0 Å². The molecule has 4 fully saturated rings. The third-order valence-electron chi connectivity index (χ3n) is 14.2. The molecule has 19 heteroatoms. The van der Waals surface area contributed by atoms with Crippen LogP contribution in [0.25, 0.3) is 22.5 Å². The summed E-state index contributed by atoms with van der Waals surface area (Å²) in [5, 5.41) is 9.21. The van der Waals surface area contributed by atoms with Gasteiger partial charge < -0.3 is 34.9 Å². The molecule has 3 N–H and O–H groups in total. The van der Waals surface area contributed by atoms with E-state index < -0.39 is 29.9 Å². The molecule has 2 atom stereocenters. The number of rotatable bonds is 11. The normalized spacial score (nSPS) is 19.7. The summed E-state index contributed by atoms with van der Waals surface area (Å²) in [5.74, 6) is 3.33. The summed E-state index contributed by atoms with van der Waals surface area (Å²) in [7, 11) is -1.93. The van der Waals surface area contributed by atoms with Crippen LogP contribution in [0.1, 0.15) is 76.3 Å². The molecule has 73 heavy (non-hydrogen) atoms. The Hall–Kier alpha value is -6.57. The Morgan fingerprint density at radius 2 is 1.10 bits per heavy atom. The molecule has 2 saturated carbocycles. The Balaban J connectivity index is 0.000000151. The highest BCUT2D eigenvalue weighted by molar-refractivity contribution is 8.13. The zero-order chi connectivity index (χ0) is 51.0. The fraction of sp³-hybridized carbons (Fsp3) is 0.333. The second-order valence-electron chi connectivity index (χ2n) is 19.1. The van der Waals surface area contributed by atoms with Crippen molar-refractivity contribution < 1.29 is 45.4 Å². The molecule has 2 unspecified atom stereocenters. The molecule has 0 radical (unpaired) electrons. The summed E-state index contributed by atoms with van der Waals surface area (Å²) >= 11 is 0. The summed E-state index contributed by atoms with van der Waals surface area (Å²) < 4.78 is 72.1. The number of ether oxygens (including phenoxy) is 4. The van der Waals surface area contributed by atoms with Crippen molar-refractivity contribution in [1.82, 2.24) is 19.6 Å². The maximum atomic E-state index is 13.3. The quantitative estimate of drug-likeness (QED) is 0.104. The highest BCUT2D eigenvalue weighted by atomic mass is 35.7. The Kier molecular flexibility index (Phi) is 14.0. The van der Waals surface area contributed by atoms with Crippen molar-refractivity contribution >= 4 is 53.2 Å². The number of aromatic nitrogens is 2. The number of fused-ring (bicyclic) bond motifs is 2. The molecule has 2 saturated heterocycles. The lowest BCUT2D eigenvalue weighted by Crippen LogP contribution is -2.33. The van der Waals surface area contributed by atoms with E-state index in [9.17, 15) is 26.4 Å². The molecule has 6 aliphatic rings. The number of carbonyl (C=O) groups excluding carboxylic acids is 2. The van der Waals surface area contributed by atoms with E-state index in [0.29, 0.717) is 58.1 Å². The largest absolute Gasteiger partial charge is 0.454 e. The SMILES string of the molecule is CC1CCCN1.CC1CCCN1S(=O)(=O)c1ccc(-c2cccc(NC(=O)C3(c4ccc5c(c4)OCO5)CC3)n2)cc1.O=C(Nc1cccc(-c2ccc(S(=O)(=O)Cl)cc2)n1)C1(c2ccc3c(c2)OCO3)CC1. The summed E-state index contributed by atoms with van der Waals surface area (Å²) in [6.45, 7) is 6.35.